The fourth-order valence-corrected chi connectivity index (χ4v) is 4.47. The molecule has 0 N–H and O–H groups in total. The van der Waals surface area contributed by atoms with E-state index in [2.05, 4.69) is 4.98 Å². The summed E-state index contributed by atoms with van der Waals surface area (Å²) in [6.45, 7) is 1.83. The van der Waals surface area contributed by atoms with Gasteiger partial charge in [-0.2, -0.15) is 13.2 Å². The van der Waals surface area contributed by atoms with Crippen LogP contribution >= 0.6 is 11.6 Å². The molecular formula is C24H24ClF4N3O4. The van der Waals surface area contributed by atoms with Gasteiger partial charge in [-0.05, 0) is 56.5 Å². The summed E-state index contributed by atoms with van der Waals surface area (Å²) in [4.78, 5) is 33.2. The van der Waals surface area contributed by atoms with Crippen molar-refractivity contribution in [2.24, 2.45) is 0 Å². The Labute approximate surface area is 209 Å². The van der Waals surface area contributed by atoms with E-state index in [0.29, 0.717) is 13.0 Å². The number of amides is 2. The SMILES string of the molecule is Cc1cc(C(F)(F)F)cc(N2C(=O)C(OC3CCCCO3)CC2C(=O)N(C)c2ccc(F)c(Cl)c2)n1. The number of hydrogen-bond acceptors (Lipinski definition) is 5. The molecule has 0 aliphatic carbocycles. The number of likely N-dealkylation sites (N-methyl/N-ethyl adjacent to an activating group) is 1. The number of nitrogens with zero attached hydrogens (tertiary/aromatic N) is 3. The number of aryl methyl sites for hydroxylation is 1. The van der Waals surface area contributed by atoms with Crippen LogP contribution in [0.5, 0.6) is 0 Å². The highest BCUT2D eigenvalue weighted by atomic mass is 35.5. The Hall–Kier alpha value is -2.76. The summed E-state index contributed by atoms with van der Waals surface area (Å²) >= 11 is 5.85. The molecule has 1 aromatic carbocycles. The van der Waals surface area contributed by atoms with Crippen LogP contribution in [0, 0.1) is 12.7 Å². The van der Waals surface area contributed by atoms with E-state index in [1.165, 1.54) is 26.1 Å². The van der Waals surface area contributed by atoms with E-state index < -0.39 is 47.8 Å². The highest BCUT2D eigenvalue weighted by molar-refractivity contribution is 6.31. The summed E-state index contributed by atoms with van der Waals surface area (Å²) in [5, 5.41) is -0.211. The molecule has 3 unspecified atom stereocenters. The van der Waals surface area contributed by atoms with Gasteiger partial charge >= 0.3 is 6.18 Å². The van der Waals surface area contributed by atoms with Gasteiger partial charge in [0, 0.05) is 31.5 Å². The van der Waals surface area contributed by atoms with E-state index in [4.69, 9.17) is 21.1 Å². The first-order valence-corrected chi connectivity index (χ1v) is 11.7. The zero-order chi connectivity index (χ0) is 26.2. The van der Waals surface area contributed by atoms with Crippen molar-refractivity contribution in [1.29, 1.82) is 0 Å². The van der Waals surface area contributed by atoms with E-state index in [1.807, 2.05) is 0 Å². The normalized spacial score (nSPS) is 22.7. The Kier molecular flexibility index (Phi) is 7.53. The van der Waals surface area contributed by atoms with E-state index in [-0.39, 0.29) is 28.6 Å². The molecule has 36 heavy (non-hydrogen) atoms. The quantitative estimate of drug-likeness (QED) is 0.516. The number of hydrogen-bond donors (Lipinski definition) is 0. The lowest BCUT2D eigenvalue weighted by molar-refractivity contribution is -0.188. The molecular weight excluding hydrogens is 506 g/mol. The predicted molar refractivity (Wildman–Crippen MR) is 123 cm³/mol. The molecule has 4 rings (SSSR count). The second-order valence-corrected chi connectivity index (χ2v) is 9.14. The van der Waals surface area contributed by atoms with Crippen molar-refractivity contribution >= 4 is 34.9 Å². The Morgan fingerprint density at radius 3 is 2.64 bits per heavy atom. The smallest absolute Gasteiger partial charge is 0.353 e. The van der Waals surface area contributed by atoms with Gasteiger partial charge in [0.1, 0.15) is 23.8 Å². The lowest BCUT2D eigenvalue weighted by Gasteiger charge is -2.28. The van der Waals surface area contributed by atoms with E-state index in [0.717, 1.165) is 40.8 Å². The minimum Gasteiger partial charge on any atom is -0.353 e. The number of anilines is 2. The average molecular weight is 530 g/mol. The van der Waals surface area contributed by atoms with Gasteiger partial charge in [0.05, 0.1) is 10.6 Å². The molecule has 0 spiro atoms. The summed E-state index contributed by atoms with van der Waals surface area (Å²) in [5.41, 5.74) is -0.730. The standard InChI is InChI=1S/C24H24ClF4N3O4/c1-13-9-14(24(27,28)29)10-20(30-13)32-18(12-19(23(32)34)36-21-5-3-4-8-35-21)22(33)31(2)15-6-7-17(26)16(25)11-15/h6-7,9-11,18-19,21H,3-5,8,12H2,1-2H3. The number of alkyl halides is 3. The molecule has 0 bridgehead atoms. The molecule has 7 nitrogen and oxygen atoms in total. The van der Waals surface area contributed by atoms with Gasteiger partial charge < -0.3 is 14.4 Å². The highest BCUT2D eigenvalue weighted by Crippen LogP contribution is 2.36. The largest absolute Gasteiger partial charge is 0.416 e. The van der Waals surface area contributed by atoms with Crippen molar-refractivity contribution in [3.05, 3.63) is 52.4 Å². The maximum Gasteiger partial charge on any atom is 0.416 e. The Morgan fingerprint density at radius 1 is 1.25 bits per heavy atom. The molecule has 2 fully saturated rings. The number of halogens is 5. The average Bonchev–Trinajstić information content (AvgIpc) is 3.15. The van der Waals surface area contributed by atoms with Gasteiger partial charge in [-0.15, -0.1) is 0 Å². The zero-order valence-corrected chi connectivity index (χ0v) is 20.3. The Morgan fingerprint density at radius 2 is 2.00 bits per heavy atom. The van der Waals surface area contributed by atoms with Gasteiger partial charge in [0.15, 0.2) is 6.29 Å². The van der Waals surface area contributed by atoms with Gasteiger partial charge in [0.25, 0.3) is 5.91 Å². The van der Waals surface area contributed by atoms with Crippen LogP contribution in [0.3, 0.4) is 0 Å². The summed E-state index contributed by atoms with van der Waals surface area (Å²) in [7, 11) is 1.40. The molecule has 194 valence electrons. The molecule has 2 aliphatic rings. The van der Waals surface area contributed by atoms with Crippen molar-refractivity contribution in [3.8, 4) is 0 Å². The van der Waals surface area contributed by atoms with Crippen LogP contribution in [0.25, 0.3) is 0 Å². The third-order valence-electron chi connectivity index (χ3n) is 6.14. The second kappa shape index (κ2) is 10.3. The van der Waals surface area contributed by atoms with E-state index >= 15 is 0 Å². The van der Waals surface area contributed by atoms with E-state index in [1.54, 1.807) is 0 Å². The summed E-state index contributed by atoms with van der Waals surface area (Å²) < 4.78 is 65.5. The lowest BCUT2D eigenvalue weighted by atomic mass is 10.1. The molecule has 2 aliphatic heterocycles. The second-order valence-electron chi connectivity index (χ2n) is 8.73. The van der Waals surface area contributed by atoms with E-state index in [9.17, 15) is 27.2 Å². The number of rotatable bonds is 5. The van der Waals surface area contributed by atoms with Crippen molar-refractivity contribution in [1.82, 2.24) is 4.98 Å². The summed E-state index contributed by atoms with van der Waals surface area (Å²) in [6, 6.07) is 4.03. The molecule has 2 amide bonds. The molecule has 2 saturated heterocycles. The number of aromatic nitrogens is 1. The Balaban J connectivity index is 1.70. The molecule has 1 aromatic heterocycles. The number of ether oxygens (including phenoxy) is 2. The third kappa shape index (κ3) is 5.47. The number of carbonyl (C=O) groups is 2. The Bertz CT molecular complexity index is 1160. The fourth-order valence-electron chi connectivity index (χ4n) is 4.30. The third-order valence-corrected chi connectivity index (χ3v) is 6.43. The van der Waals surface area contributed by atoms with Crippen LogP contribution in [0.15, 0.2) is 30.3 Å². The van der Waals surface area contributed by atoms with Crippen molar-refractivity contribution < 1.29 is 36.6 Å². The highest BCUT2D eigenvalue weighted by Gasteiger charge is 2.48. The maximum atomic E-state index is 13.6. The first-order valence-electron chi connectivity index (χ1n) is 11.3. The molecule has 3 heterocycles. The van der Waals surface area contributed by atoms with Crippen LogP contribution in [0.2, 0.25) is 5.02 Å². The molecule has 2 aromatic rings. The summed E-state index contributed by atoms with van der Waals surface area (Å²) in [5.74, 6) is -2.31. The topological polar surface area (TPSA) is 72.0 Å². The minimum absolute atomic E-state index is 0.0254. The molecule has 0 radical (unpaired) electrons. The monoisotopic (exact) mass is 529 g/mol. The first kappa shape index (κ1) is 26.3. The zero-order valence-electron chi connectivity index (χ0n) is 19.5. The lowest BCUT2D eigenvalue weighted by Crippen LogP contribution is -2.46. The number of benzene rings is 1. The molecule has 0 saturated carbocycles. The van der Waals surface area contributed by atoms with Gasteiger partial charge in [-0.25, -0.2) is 9.37 Å². The number of pyridine rings is 1. The van der Waals surface area contributed by atoms with Crippen molar-refractivity contribution in [3.63, 3.8) is 0 Å². The maximum absolute atomic E-state index is 13.6. The van der Waals surface area contributed by atoms with Gasteiger partial charge in [-0.3, -0.25) is 14.5 Å². The minimum atomic E-state index is -4.68. The van der Waals surface area contributed by atoms with Gasteiger partial charge in [-0.1, -0.05) is 11.6 Å². The van der Waals surface area contributed by atoms with Crippen LogP contribution in [0.4, 0.5) is 29.1 Å². The summed E-state index contributed by atoms with van der Waals surface area (Å²) in [6.07, 6.45) is -4.36. The van der Waals surface area contributed by atoms with Gasteiger partial charge in [0.2, 0.25) is 5.91 Å². The van der Waals surface area contributed by atoms with Crippen LogP contribution in [-0.2, 0) is 25.2 Å². The van der Waals surface area contributed by atoms with Crippen LogP contribution < -0.4 is 9.80 Å². The van der Waals surface area contributed by atoms with Crippen molar-refractivity contribution in [2.75, 3.05) is 23.5 Å². The predicted octanol–water partition coefficient (Wildman–Crippen LogP) is 4.88. The van der Waals surface area contributed by atoms with Crippen molar-refractivity contribution in [2.45, 2.75) is 57.2 Å². The molecule has 3 atom stereocenters. The first-order chi connectivity index (χ1) is 17.0. The van der Waals surface area contributed by atoms with Crippen LogP contribution in [-0.4, -0.2) is 48.9 Å². The van der Waals surface area contributed by atoms with Crippen LogP contribution in [0.1, 0.15) is 36.9 Å². The fraction of sp³-hybridized carbons (Fsp3) is 0.458. The molecule has 12 heteroatoms. The number of carbonyl (C=O) groups excluding carboxylic acids is 2.